The first kappa shape index (κ1) is 21.4. The maximum Gasteiger partial charge on any atom is 0.271 e. The molecule has 0 heterocycles. The van der Waals surface area contributed by atoms with E-state index in [2.05, 4.69) is 21.2 Å². The van der Waals surface area contributed by atoms with Crippen molar-refractivity contribution in [2.45, 2.75) is 20.3 Å². The second-order valence-corrected chi connectivity index (χ2v) is 6.74. The van der Waals surface area contributed by atoms with E-state index in [4.69, 9.17) is 23.2 Å². The molecular formula is C19H18Cl2N4O3. The van der Waals surface area contributed by atoms with Gasteiger partial charge in [-0.05, 0) is 49.4 Å². The third kappa shape index (κ3) is 6.68. The number of amides is 3. The highest BCUT2D eigenvalue weighted by Gasteiger charge is 2.09. The zero-order valence-corrected chi connectivity index (χ0v) is 16.7. The Balaban J connectivity index is 1.89. The molecule has 2 aromatic carbocycles. The zero-order chi connectivity index (χ0) is 20.7. The minimum Gasteiger partial charge on any atom is -0.326 e. The van der Waals surface area contributed by atoms with Crippen LogP contribution >= 0.6 is 23.2 Å². The largest absolute Gasteiger partial charge is 0.326 e. The topological polar surface area (TPSA) is 99.7 Å². The van der Waals surface area contributed by atoms with Crippen molar-refractivity contribution in [3.8, 4) is 0 Å². The van der Waals surface area contributed by atoms with E-state index < -0.39 is 5.91 Å². The van der Waals surface area contributed by atoms with Crippen molar-refractivity contribution < 1.29 is 14.4 Å². The lowest BCUT2D eigenvalue weighted by Gasteiger charge is -2.08. The maximum atomic E-state index is 12.1. The number of rotatable bonds is 6. The Morgan fingerprint density at radius 2 is 1.64 bits per heavy atom. The molecule has 0 radical (unpaired) electrons. The third-order valence-electron chi connectivity index (χ3n) is 3.44. The second-order valence-electron chi connectivity index (χ2n) is 5.90. The summed E-state index contributed by atoms with van der Waals surface area (Å²) in [5.74, 6) is -0.968. The van der Waals surface area contributed by atoms with Gasteiger partial charge in [0.1, 0.15) is 0 Å². The lowest BCUT2D eigenvalue weighted by molar-refractivity contribution is -0.115. The lowest BCUT2D eigenvalue weighted by atomic mass is 10.2. The summed E-state index contributed by atoms with van der Waals surface area (Å²) in [6, 6.07) is 11.1. The van der Waals surface area contributed by atoms with Gasteiger partial charge in [-0.3, -0.25) is 14.4 Å². The van der Waals surface area contributed by atoms with Crippen molar-refractivity contribution in [2.24, 2.45) is 5.10 Å². The Labute approximate surface area is 172 Å². The van der Waals surface area contributed by atoms with Crippen LogP contribution in [0.4, 0.5) is 11.4 Å². The van der Waals surface area contributed by atoms with Gasteiger partial charge in [-0.1, -0.05) is 23.2 Å². The molecule has 0 aliphatic heterocycles. The Kier molecular flexibility index (Phi) is 7.54. The van der Waals surface area contributed by atoms with Crippen LogP contribution in [0.15, 0.2) is 47.6 Å². The molecule has 7 nitrogen and oxygen atoms in total. The standard InChI is InChI=1S/C19H18Cl2N4O3/c1-11(9-18(27)23-17-8-5-14(20)10-16(17)21)24-25-19(28)13-3-6-15(7-4-13)22-12(2)26/h3-8,10H,9H2,1-2H3,(H,22,26)(H,23,27)(H,25,28)/b24-11-. The van der Waals surface area contributed by atoms with Crippen LogP contribution in [0, 0.1) is 0 Å². The SMILES string of the molecule is CC(=O)Nc1ccc(C(=O)N/N=C(/C)CC(=O)Nc2ccc(Cl)cc2Cl)cc1. The molecule has 0 unspecified atom stereocenters. The van der Waals surface area contributed by atoms with Gasteiger partial charge >= 0.3 is 0 Å². The molecule has 0 saturated heterocycles. The van der Waals surface area contributed by atoms with Gasteiger partial charge in [0.15, 0.2) is 0 Å². The van der Waals surface area contributed by atoms with Crippen molar-refractivity contribution in [3.63, 3.8) is 0 Å². The summed E-state index contributed by atoms with van der Waals surface area (Å²) >= 11 is 11.8. The van der Waals surface area contributed by atoms with Gasteiger partial charge in [0, 0.05) is 28.9 Å². The molecule has 28 heavy (non-hydrogen) atoms. The fourth-order valence-corrected chi connectivity index (χ4v) is 2.63. The highest BCUT2D eigenvalue weighted by molar-refractivity contribution is 6.36. The predicted octanol–water partition coefficient (Wildman–Crippen LogP) is 4.09. The number of hydrogen-bond donors (Lipinski definition) is 3. The van der Waals surface area contributed by atoms with Crippen LogP contribution in [0.5, 0.6) is 0 Å². The summed E-state index contributed by atoms with van der Waals surface area (Å²) in [5.41, 5.74) is 4.18. The summed E-state index contributed by atoms with van der Waals surface area (Å²) in [4.78, 5) is 35.2. The fourth-order valence-electron chi connectivity index (χ4n) is 2.18. The first-order chi connectivity index (χ1) is 13.2. The number of nitrogens with one attached hydrogen (secondary N) is 3. The van der Waals surface area contributed by atoms with Crippen molar-refractivity contribution in [1.82, 2.24) is 5.43 Å². The molecule has 146 valence electrons. The number of halogens is 2. The second kappa shape index (κ2) is 9.87. The molecule has 2 aromatic rings. The molecule has 2 rings (SSSR count). The van der Waals surface area contributed by atoms with Gasteiger partial charge in [0.2, 0.25) is 11.8 Å². The van der Waals surface area contributed by atoms with Crippen molar-refractivity contribution >= 4 is 58.0 Å². The first-order valence-corrected chi connectivity index (χ1v) is 8.96. The third-order valence-corrected chi connectivity index (χ3v) is 3.99. The molecular weight excluding hydrogens is 403 g/mol. The van der Waals surface area contributed by atoms with Crippen LogP contribution < -0.4 is 16.1 Å². The fraction of sp³-hybridized carbons (Fsp3) is 0.158. The zero-order valence-electron chi connectivity index (χ0n) is 15.2. The predicted molar refractivity (Wildman–Crippen MR) is 111 cm³/mol. The van der Waals surface area contributed by atoms with Crippen LogP contribution in [-0.4, -0.2) is 23.4 Å². The molecule has 0 atom stereocenters. The Morgan fingerprint density at radius 3 is 2.25 bits per heavy atom. The number of benzene rings is 2. The van der Waals surface area contributed by atoms with Crippen LogP contribution in [-0.2, 0) is 9.59 Å². The van der Waals surface area contributed by atoms with E-state index in [0.29, 0.717) is 32.7 Å². The summed E-state index contributed by atoms with van der Waals surface area (Å²) in [6.07, 6.45) is -0.0271. The van der Waals surface area contributed by atoms with E-state index in [9.17, 15) is 14.4 Å². The number of carbonyl (C=O) groups is 3. The summed E-state index contributed by atoms with van der Waals surface area (Å²) < 4.78 is 0. The van der Waals surface area contributed by atoms with Crippen molar-refractivity contribution in [2.75, 3.05) is 10.6 Å². The van der Waals surface area contributed by atoms with E-state index >= 15 is 0 Å². The normalized spacial score (nSPS) is 10.9. The molecule has 9 heteroatoms. The number of hydrogen-bond acceptors (Lipinski definition) is 4. The number of nitrogens with zero attached hydrogens (tertiary/aromatic N) is 1. The summed E-state index contributed by atoms with van der Waals surface area (Å²) in [6.45, 7) is 3.01. The van der Waals surface area contributed by atoms with Gasteiger partial charge in [0.05, 0.1) is 17.1 Å². The molecule has 0 saturated carbocycles. The Morgan fingerprint density at radius 1 is 0.964 bits per heavy atom. The lowest BCUT2D eigenvalue weighted by Crippen LogP contribution is -2.21. The molecule has 3 N–H and O–H groups in total. The quantitative estimate of drug-likeness (QED) is 0.484. The molecule has 0 aromatic heterocycles. The molecule has 0 spiro atoms. The van der Waals surface area contributed by atoms with E-state index in [1.54, 1.807) is 43.3 Å². The Hall–Kier alpha value is -2.90. The van der Waals surface area contributed by atoms with E-state index in [1.165, 1.54) is 13.0 Å². The average molecular weight is 421 g/mol. The highest BCUT2D eigenvalue weighted by atomic mass is 35.5. The number of carbonyl (C=O) groups excluding carboxylic acids is 3. The monoisotopic (exact) mass is 420 g/mol. The van der Waals surface area contributed by atoms with E-state index in [1.807, 2.05) is 0 Å². The average Bonchev–Trinajstić information content (AvgIpc) is 2.62. The van der Waals surface area contributed by atoms with Crippen LogP contribution in [0.2, 0.25) is 10.0 Å². The highest BCUT2D eigenvalue weighted by Crippen LogP contribution is 2.25. The molecule has 3 amide bonds. The summed E-state index contributed by atoms with van der Waals surface area (Å²) in [5, 5.41) is 9.98. The van der Waals surface area contributed by atoms with Gasteiger partial charge in [0.25, 0.3) is 5.91 Å². The number of hydrazone groups is 1. The van der Waals surface area contributed by atoms with Gasteiger partial charge < -0.3 is 10.6 Å². The van der Waals surface area contributed by atoms with Gasteiger partial charge in [-0.25, -0.2) is 5.43 Å². The molecule has 0 fully saturated rings. The minimum atomic E-state index is -0.435. The minimum absolute atomic E-state index is 0.0271. The molecule has 0 aliphatic carbocycles. The van der Waals surface area contributed by atoms with Gasteiger partial charge in [-0.2, -0.15) is 5.10 Å². The van der Waals surface area contributed by atoms with E-state index in [-0.39, 0.29) is 18.2 Å². The van der Waals surface area contributed by atoms with E-state index in [0.717, 1.165) is 0 Å². The van der Waals surface area contributed by atoms with Crippen molar-refractivity contribution in [3.05, 3.63) is 58.1 Å². The summed E-state index contributed by atoms with van der Waals surface area (Å²) in [7, 11) is 0. The first-order valence-electron chi connectivity index (χ1n) is 8.20. The molecule has 0 bridgehead atoms. The van der Waals surface area contributed by atoms with Crippen LogP contribution in [0.1, 0.15) is 30.6 Å². The number of anilines is 2. The van der Waals surface area contributed by atoms with Crippen LogP contribution in [0.25, 0.3) is 0 Å². The molecule has 0 aliphatic rings. The van der Waals surface area contributed by atoms with Gasteiger partial charge in [-0.15, -0.1) is 0 Å². The Bertz CT molecular complexity index is 927. The van der Waals surface area contributed by atoms with Crippen molar-refractivity contribution in [1.29, 1.82) is 0 Å². The maximum absolute atomic E-state index is 12.1. The van der Waals surface area contributed by atoms with Crippen LogP contribution in [0.3, 0.4) is 0 Å². The smallest absolute Gasteiger partial charge is 0.271 e.